The molecule has 1 N–H and O–H groups in total. The van der Waals surface area contributed by atoms with Gasteiger partial charge in [-0.3, -0.25) is 4.79 Å². The van der Waals surface area contributed by atoms with E-state index in [4.69, 9.17) is 0 Å². The molecule has 17 heavy (non-hydrogen) atoms. The highest BCUT2D eigenvalue weighted by atomic mass is 19.1. The Morgan fingerprint density at radius 1 is 1.41 bits per heavy atom. The van der Waals surface area contributed by atoms with Gasteiger partial charge in [0, 0.05) is 28.1 Å². The minimum absolute atomic E-state index is 0.149. The SMILES string of the molecule is Cc1[nH]c2ccc(F)cc2c1C(=O)C1CCC1. The predicted octanol–water partition coefficient (Wildman–Crippen LogP) is 3.60. The van der Waals surface area contributed by atoms with Crippen LogP contribution < -0.4 is 0 Å². The van der Waals surface area contributed by atoms with E-state index in [2.05, 4.69) is 4.98 Å². The van der Waals surface area contributed by atoms with E-state index in [-0.39, 0.29) is 17.5 Å². The summed E-state index contributed by atoms with van der Waals surface area (Å²) >= 11 is 0. The fraction of sp³-hybridized carbons (Fsp3) is 0.357. The molecule has 1 heterocycles. The molecule has 1 aromatic heterocycles. The van der Waals surface area contributed by atoms with Gasteiger partial charge in [-0.25, -0.2) is 4.39 Å². The van der Waals surface area contributed by atoms with Crippen molar-refractivity contribution >= 4 is 16.7 Å². The van der Waals surface area contributed by atoms with Gasteiger partial charge >= 0.3 is 0 Å². The molecule has 0 atom stereocenters. The van der Waals surface area contributed by atoms with Crippen molar-refractivity contribution in [2.75, 3.05) is 0 Å². The Hall–Kier alpha value is -1.64. The zero-order valence-electron chi connectivity index (χ0n) is 9.72. The molecule has 0 saturated heterocycles. The molecular formula is C14H14FNO. The number of halogens is 1. The van der Waals surface area contributed by atoms with E-state index in [1.54, 1.807) is 6.07 Å². The largest absolute Gasteiger partial charge is 0.358 e. The number of carbonyl (C=O) groups is 1. The van der Waals surface area contributed by atoms with E-state index in [1.165, 1.54) is 12.1 Å². The van der Waals surface area contributed by atoms with Crippen LogP contribution in [0.2, 0.25) is 0 Å². The highest BCUT2D eigenvalue weighted by molar-refractivity contribution is 6.10. The summed E-state index contributed by atoms with van der Waals surface area (Å²) in [5.74, 6) is 0.0285. The monoisotopic (exact) mass is 231 g/mol. The van der Waals surface area contributed by atoms with Crippen molar-refractivity contribution in [1.82, 2.24) is 4.98 Å². The number of carbonyl (C=O) groups excluding carboxylic acids is 1. The van der Waals surface area contributed by atoms with E-state index in [1.807, 2.05) is 6.92 Å². The smallest absolute Gasteiger partial charge is 0.168 e. The molecule has 0 amide bonds. The highest BCUT2D eigenvalue weighted by Crippen LogP contribution is 2.33. The first kappa shape index (κ1) is 10.5. The Kier molecular flexibility index (Phi) is 2.28. The summed E-state index contributed by atoms with van der Waals surface area (Å²) in [6.45, 7) is 1.88. The Bertz CT molecular complexity index is 596. The molecule has 1 aliphatic carbocycles. The minimum Gasteiger partial charge on any atom is -0.358 e. The zero-order valence-corrected chi connectivity index (χ0v) is 9.72. The average molecular weight is 231 g/mol. The molecule has 0 aliphatic heterocycles. The van der Waals surface area contributed by atoms with Crippen LogP contribution in [0.25, 0.3) is 10.9 Å². The molecule has 1 aromatic carbocycles. The quantitative estimate of drug-likeness (QED) is 0.787. The first-order chi connectivity index (χ1) is 8.16. The van der Waals surface area contributed by atoms with Crippen molar-refractivity contribution in [2.45, 2.75) is 26.2 Å². The van der Waals surface area contributed by atoms with Crippen LogP contribution in [0.15, 0.2) is 18.2 Å². The number of aryl methyl sites for hydroxylation is 1. The van der Waals surface area contributed by atoms with Gasteiger partial charge in [0.15, 0.2) is 5.78 Å². The zero-order chi connectivity index (χ0) is 12.0. The highest BCUT2D eigenvalue weighted by Gasteiger charge is 2.29. The van der Waals surface area contributed by atoms with E-state index < -0.39 is 0 Å². The first-order valence-corrected chi connectivity index (χ1v) is 5.99. The first-order valence-electron chi connectivity index (χ1n) is 5.99. The Labute approximate surface area is 98.8 Å². The molecule has 3 heteroatoms. The fourth-order valence-electron chi connectivity index (χ4n) is 2.49. The lowest BCUT2D eigenvalue weighted by Gasteiger charge is -2.23. The van der Waals surface area contributed by atoms with Crippen molar-refractivity contribution in [1.29, 1.82) is 0 Å². The number of Topliss-reactive ketones (excluding diaryl/α,β-unsaturated/α-hetero) is 1. The van der Waals surface area contributed by atoms with Gasteiger partial charge in [0.2, 0.25) is 0 Å². The van der Waals surface area contributed by atoms with Crippen LogP contribution in [0.5, 0.6) is 0 Å². The van der Waals surface area contributed by atoms with Gasteiger partial charge in [-0.2, -0.15) is 0 Å². The van der Waals surface area contributed by atoms with Gasteiger partial charge in [-0.1, -0.05) is 6.42 Å². The summed E-state index contributed by atoms with van der Waals surface area (Å²) < 4.78 is 13.3. The second kappa shape index (κ2) is 3.69. The van der Waals surface area contributed by atoms with Gasteiger partial charge in [-0.15, -0.1) is 0 Å². The number of ketones is 1. The lowest BCUT2D eigenvalue weighted by molar-refractivity contribution is 0.0856. The van der Waals surface area contributed by atoms with Gasteiger partial charge in [0.1, 0.15) is 5.82 Å². The third kappa shape index (κ3) is 1.57. The summed E-state index contributed by atoms with van der Waals surface area (Å²) in [7, 11) is 0. The van der Waals surface area contributed by atoms with E-state index in [9.17, 15) is 9.18 Å². The maximum Gasteiger partial charge on any atom is 0.168 e. The van der Waals surface area contributed by atoms with Gasteiger partial charge in [0.25, 0.3) is 0 Å². The van der Waals surface area contributed by atoms with Crippen LogP contribution in [0.1, 0.15) is 35.3 Å². The van der Waals surface area contributed by atoms with Crippen molar-refractivity contribution in [3.63, 3.8) is 0 Å². The van der Waals surface area contributed by atoms with Crippen LogP contribution in [0.3, 0.4) is 0 Å². The van der Waals surface area contributed by atoms with E-state index in [0.717, 1.165) is 35.9 Å². The lowest BCUT2D eigenvalue weighted by Crippen LogP contribution is -2.22. The molecule has 2 aromatic rings. The Morgan fingerprint density at radius 2 is 2.18 bits per heavy atom. The van der Waals surface area contributed by atoms with Crippen LogP contribution in [0.4, 0.5) is 4.39 Å². The van der Waals surface area contributed by atoms with Crippen molar-refractivity contribution in [3.8, 4) is 0 Å². The van der Waals surface area contributed by atoms with Gasteiger partial charge in [-0.05, 0) is 38.0 Å². The third-order valence-corrected chi connectivity index (χ3v) is 3.67. The van der Waals surface area contributed by atoms with Crippen molar-refractivity contribution in [3.05, 3.63) is 35.3 Å². The molecule has 3 rings (SSSR count). The maximum atomic E-state index is 13.3. The van der Waals surface area contributed by atoms with E-state index >= 15 is 0 Å². The maximum absolute atomic E-state index is 13.3. The van der Waals surface area contributed by atoms with Crippen molar-refractivity contribution in [2.24, 2.45) is 5.92 Å². The third-order valence-electron chi connectivity index (χ3n) is 3.67. The number of rotatable bonds is 2. The van der Waals surface area contributed by atoms with Gasteiger partial charge < -0.3 is 4.98 Å². The normalized spacial score (nSPS) is 16.1. The summed E-state index contributed by atoms with van der Waals surface area (Å²) in [5.41, 5.74) is 2.37. The number of H-pyrrole nitrogens is 1. The standard InChI is InChI=1S/C14H14FNO/c1-8-13(14(17)9-3-2-4-9)11-7-10(15)5-6-12(11)16-8/h5-7,9,16H,2-4H2,1H3. The van der Waals surface area contributed by atoms with E-state index in [0.29, 0.717) is 5.56 Å². The lowest BCUT2D eigenvalue weighted by atomic mass is 9.79. The average Bonchev–Trinajstić information content (AvgIpc) is 2.50. The second-order valence-corrected chi connectivity index (χ2v) is 4.81. The molecule has 0 spiro atoms. The van der Waals surface area contributed by atoms with Crippen LogP contribution >= 0.6 is 0 Å². The second-order valence-electron chi connectivity index (χ2n) is 4.81. The molecule has 1 aliphatic rings. The summed E-state index contributed by atoms with van der Waals surface area (Å²) in [4.78, 5) is 15.4. The molecule has 1 fully saturated rings. The molecule has 2 nitrogen and oxygen atoms in total. The summed E-state index contributed by atoms with van der Waals surface area (Å²) in [5, 5.41) is 0.722. The van der Waals surface area contributed by atoms with Crippen LogP contribution in [0, 0.1) is 18.7 Å². The number of hydrogen-bond donors (Lipinski definition) is 1. The Balaban J connectivity index is 2.16. The number of hydrogen-bond acceptors (Lipinski definition) is 1. The van der Waals surface area contributed by atoms with Crippen LogP contribution in [-0.4, -0.2) is 10.8 Å². The Morgan fingerprint density at radius 3 is 2.82 bits per heavy atom. The molecule has 0 bridgehead atoms. The number of benzene rings is 1. The molecule has 0 radical (unpaired) electrons. The fourth-order valence-corrected chi connectivity index (χ4v) is 2.49. The molecule has 0 unspecified atom stereocenters. The molecule has 88 valence electrons. The molecule has 1 saturated carbocycles. The number of aromatic nitrogens is 1. The van der Waals surface area contributed by atoms with Gasteiger partial charge in [0.05, 0.1) is 0 Å². The number of fused-ring (bicyclic) bond motifs is 1. The summed E-state index contributed by atoms with van der Waals surface area (Å²) in [6, 6.07) is 4.55. The minimum atomic E-state index is -0.292. The summed E-state index contributed by atoms with van der Waals surface area (Å²) in [6.07, 6.45) is 3.08. The molecular weight excluding hydrogens is 217 g/mol. The predicted molar refractivity (Wildman–Crippen MR) is 64.7 cm³/mol. The topological polar surface area (TPSA) is 32.9 Å². The number of aromatic amines is 1. The van der Waals surface area contributed by atoms with Crippen LogP contribution in [-0.2, 0) is 0 Å². The number of nitrogens with one attached hydrogen (secondary N) is 1. The van der Waals surface area contributed by atoms with Crippen molar-refractivity contribution < 1.29 is 9.18 Å².